The number of benzene rings is 2. The maximum Gasteiger partial charge on any atom is 0.144 e. The number of hydrogen-bond donors (Lipinski definition) is 1. The van der Waals surface area contributed by atoms with Crippen molar-refractivity contribution in [1.82, 2.24) is 0 Å². The van der Waals surface area contributed by atoms with Crippen molar-refractivity contribution < 1.29 is 13.5 Å². The highest BCUT2D eigenvalue weighted by Crippen LogP contribution is 2.35. The number of halogens is 3. The minimum absolute atomic E-state index is 0.0308. The SMILES string of the molecule is COc1cc(N)ccc1SCc1c(F)ccc(Br)c1F. The summed E-state index contributed by atoms with van der Waals surface area (Å²) < 4.78 is 33.0. The number of ether oxygens (including phenoxy) is 1. The van der Waals surface area contributed by atoms with Crippen LogP contribution >= 0.6 is 27.7 Å². The van der Waals surface area contributed by atoms with E-state index in [2.05, 4.69) is 15.9 Å². The molecule has 0 bridgehead atoms. The lowest BCUT2D eigenvalue weighted by atomic mass is 10.2. The fraction of sp³-hybridized carbons (Fsp3) is 0.143. The first-order valence-electron chi connectivity index (χ1n) is 5.71. The monoisotopic (exact) mass is 359 g/mol. The first kappa shape index (κ1) is 15.1. The van der Waals surface area contributed by atoms with Gasteiger partial charge in [-0.1, -0.05) is 0 Å². The van der Waals surface area contributed by atoms with Gasteiger partial charge in [0.25, 0.3) is 0 Å². The van der Waals surface area contributed by atoms with E-state index in [1.54, 1.807) is 18.2 Å². The summed E-state index contributed by atoms with van der Waals surface area (Å²) in [6, 6.07) is 7.76. The van der Waals surface area contributed by atoms with Gasteiger partial charge in [0.05, 0.1) is 11.6 Å². The Morgan fingerprint density at radius 1 is 1.25 bits per heavy atom. The second-order valence-electron chi connectivity index (χ2n) is 4.02. The second-order valence-corrected chi connectivity index (χ2v) is 5.89. The standard InChI is InChI=1S/C14H12BrF2NOS/c1-19-12-6-8(18)2-5-13(12)20-7-9-11(16)4-3-10(15)14(9)17/h2-6H,7,18H2,1H3. The molecule has 0 aromatic heterocycles. The number of anilines is 1. The third-order valence-electron chi connectivity index (χ3n) is 2.70. The number of rotatable bonds is 4. The smallest absolute Gasteiger partial charge is 0.144 e. The molecule has 0 aliphatic rings. The Hall–Kier alpha value is -1.27. The van der Waals surface area contributed by atoms with Crippen LogP contribution in [0.2, 0.25) is 0 Å². The minimum Gasteiger partial charge on any atom is -0.496 e. The molecule has 6 heteroatoms. The van der Waals surface area contributed by atoms with E-state index in [4.69, 9.17) is 10.5 Å². The highest BCUT2D eigenvalue weighted by molar-refractivity contribution is 9.10. The normalized spacial score (nSPS) is 10.6. The molecule has 2 aromatic carbocycles. The van der Waals surface area contributed by atoms with Gasteiger partial charge in [0.1, 0.15) is 17.4 Å². The quantitative estimate of drug-likeness (QED) is 0.491. The zero-order chi connectivity index (χ0) is 14.7. The van der Waals surface area contributed by atoms with Crippen molar-refractivity contribution in [3.05, 3.63) is 52.0 Å². The molecule has 0 aliphatic heterocycles. The van der Waals surface area contributed by atoms with Gasteiger partial charge < -0.3 is 10.5 Å². The molecular formula is C14H12BrF2NOS. The molecule has 2 rings (SSSR count). The van der Waals surface area contributed by atoms with Gasteiger partial charge in [-0.25, -0.2) is 8.78 Å². The van der Waals surface area contributed by atoms with E-state index in [9.17, 15) is 8.78 Å². The number of hydrogen-bond acceptors (Lipinski definition) is 3. The van der Waals surface area contributed by atoms with Crippen molar-refractivity contribution >= 4 is 33.4 Å². The molecule has 0 heterocycles. The third kappa shape index (κ3) is 3.24. The molecule has 2 aromatic rings. The van der Waals surface area contributed by atoms with Gasteiger partial charge >= 0.3 is 0 Å². The van der Waals surface area contributed by atoms with Gasteiger partial charge in [0.15, 0.2) is 0 Å². The number of nitrogen functional groups attached to an aromatic ring is 1. The zero-order valence-electron chi connectivity index (χ0n) is 10.6. The number of methoxy groups -OCH3 is 1. The molecule has 0 saturated heterocycles. The van der Waals surface area contributed by atoms with Crippen molar-refractivity contribution in [2.75, 3.05) is 12.8 Å². The van der Waals surface area contributed by atoms with Crippen LogP contribution in [-0.4, -0.2) is 7.11 Å². The summed E-state index contributed by atoms with van der Waals surface area (Å²) >= 11 is 4.34. The van der Waals surface area contributed by atoms with E-state index in [0.29, 0.717) is 11.4 Å². The van der Waals surface area contributed by atoms with E-state index in [1.165, 1.54) is 31.0 Å². The molecule has 0 unspecified atom stereocenters. The van der Waals surface area contributed by atoms with E-state index in [1.807, 2.05) is 0 Å². The number of nitrogens with two attached hydrogens (primary N) is 1. The van der Waals surface area contributed by atoms with Crippen LogP contribution in [0.5, 0.6) is 5.75 Å². The van der Waals surface area contributed by atoms with Crippen molar-refractivity contribution in [1.29, 1.82) is 0 Å². The van der Waals surface area contributed by atoms with Crippen LogP contribution in [0.1, 0.15) is 5.56 Å². The third-order valence-corrected chi connectivity index (χ3v) is 4.39. The van der Waals surface area contributed by atoms with E-state index >= 15 is 0 Å². The van der Waals surface area contributed by atoms with Crippen molar-refractivity contribution in [3.63, 3.8) is 0 Å². The molecule has 20 heavy (non-hydrogen) atoms. The van der Waals surface area contributed by atoms with Gasteiger partial charge in [0.2, 0.25) is 0 Å². The summed E-state index contributed by atoms with van der Waals surface area (Å²) in [5.41, 5.74) is 6.27. The maximum absolute atomic E-state index is 13.9. The van der Waals surface area contributed by atoms with E-state index in [-0.39, 0.29) is 15.8 Å². The Bertz CT molecular complexity index is 637. The Labute approximate surface area is 128 Å². The Morgan fingerprint density at radius 2 is 2.00 bits per heavy atom. The Morgan fingerprint density at radius 3 is 2.70 bits per heavy atom. The molecule has 0 saturated carbocycles. The molecule has 106 valence electrons. The van der Waals surface area contributed by atoms with Crippen LogP contribution in [0.15, 0.2) is 39.7 Å². The summed E-state index contributed by atoms with van der Waals surface area (Å²) in [5, 5.41) is 0. The molecule has 0 spiro atoms. The lowest BCUT2D eigenvalue weighted by Crippen LogP contribution is -1.95. The maximum atomic E-state index is 13.9. The predicted molar refractivity (Wildman–Crippen MR) is 81.0 cm³/mol. The van der Waals surface area contributed by atoms with Crippen molar-refractivity contribution in [2.24, 2.45) is 0 Å². The first-order chi connectivity index (χ1) is 9.52. The molecule has 0 radical (unpaired) electrons. The second kappa shape index (κ2) is 6.45. The summed E-state index contributed by atoms with van der Waals surface area (Å²) in [6.45, 7) is 0. The summed E-state index contributed by atoms with van der Waals surface area (Å²) in [5.74, 6) is -0.387. The average Bonchev–Trinajstić information content (AvgIpc) is 2.44. The van der Waals surface area contributed by atoms with Crippen LogP contribution in [0.3, 0.4) is 0 Å². The average molecular weight is 360 g/mol. The lowest BCUT2D eigenvalue weighted by molar-refractivity contribution is 0.405. The van der Waals surface area contributed by atoms with Gasteiger partial charge in [0, 0.05) is 28.0 Å². The van der Waals surface area contributed by atoms with Crippen molar-refractivity contribution in [3.8, 4) is 5.75 Å². The van der Waals surface area contributed by atoms with Gasteiger partial charge in [-0.15, -0.1) is 11.8 Å². The minimum atomic E-state index is -0.577. The van der Waals surface area contributed by atoms with Crippen LogP contribution in [0.25, 0.3) is 0 Å². The van der Waals surface area contributed by atoms with Crippen LogP contribution in [0.4, 0.5) is 14.5 Å². The zero-order valence-corrected chi connectivity index (χ0v) is 13.0. The fourth-order valence-electron chi connectivity index (χ4n) is 1.65. The fourth-order valence-corrected chi connectivity index (χ4v) is 3.04. The first-order valence-corrected chi connectivity index (χ1v) is 7.49. The highest BCUT2D eigenvalue weighted by Gasteiger charge is 2.14. The molecule has 2 nitrogen and oxygen atoms in total. The number of thioether (sulfide) groups is 1. The molecule has 0 fully saturated rings. The van der Waals surface area contributed by atoms with Crippen molar-refractivity contribution in [2.45, 2.75) is 10.6 Å². The van der Waals surface area contributed by atoms with E-state index < -0.39 is 11.6 Å². The molecule has 2 N–H and O–H groups in total. The summed E-state index contributed by atoms with van der Waals surface area (Å²) in [7, 11) is 1.53. The van der Waals surface area contributed by atoms with Crippen LogP contribution < -0.4 is 10.5 Å². The van der Waals surface area contributed by atoms with Gasteiger partial charge in [-0.2, -0.15) is 0 Å². The molecule has 0 amide bonds. The lowest BCUT2D eigenvalue weighted by Gasteiger charge is -2.10. The van der Waals surface area contributed by atoms with Crippen LogP contribution in [0, 0.1) is 11.6 Å². The highest BCUT2D eigenvalue weighted by atomic mass is 79.9. The Kier molecular flexibility index (Phi) is 4.88. The van der Waals surface area contributed by atoms with Gasteiger partial charge in [-0.3, -0.25) is 0 Å². The molecule has 0 aliphatic carbocycles. The van der Waals surface area contributed by atoms with Gasteiger partial charge in [-0.05, 0) is 40.2 Å². The largest absolute Gasteiger partial charge is 0.496 e. The topological polar surface area (TPSA) is 35.2 Å². The van der Waals surface area contributed by atoms with Crippen LogP contribution in [-0.2, 0) is 5.75 Å². The molecular weight excluding hydrogens is 348 g/mol. The Balaban J connectivity index is 2.23. The predicted octanol–water partition coefficient (Wildman–Crippen LogP) is 4.61. The summed E-state index contributed by atoms with van der Waals surface area (Å²) in [6.07, 6.45) is 0. The van der Waals surface area contributed by atoms with E-state index in [0.717, 1.165) is 4.90 Å². The summed E-state index contributed by atoms with van der Waals surface area (Å²) in [4.78, 5) is 0.778. The molecule has 0 atom stereocenters.